The molecule has 1 aromatic heterocycles. The maximum atomic E-state index is 13.2. The Morgan fingerprint density at radius 1 is 1.32 bits per heavy atom. The van der Waals surface area contributed by atoms with E-state index in [1.807, 2.05) is 34.6 Å². The standard InChI is InChI=1S/C18H26FN5O/c1-6-11(2)21-17(25)22-14-15(18(3,4)5)23-24(16(14)20)13-9-7-12(19)8-10-13/h7-11H,6,20H2,1-5H3,(H2,21,22,25). The van der Waals surface area contributed by atoms with E-state index in [2.05, 4.69) is 15.7 Å². The van der Waals surface area contributed by atoms with Gasteiger partial charge in [0.1, 0.15) is 11.5 Å². The van der Waals surface area contributed by atoms with Gasteiger partial charge in [0.25, 0.3) is 0 Å². The summed E-state index contributed by atoms with van der Waals surface area (Å²) in [5.41, 5.74) is 7.67. The average molecular weight is 347 g/mol. The minimum Gasteiger partial charge on any atom is -0.382 e. The van der Waals surface area contributed by atoms with E-state index in [-0.39, 0.29) is 23.3 Å². The minimum absolute atomic E-state index is 0.0476. The number of hydrogen-bond donors (Lipinski definition) is 3. The zero-order valence-corrected chi connectivity index (χ0v) is 15.4. The van der Waals surface area contributed by atoms with Gasteiger partial charge in [-0.1, -0.05) is 27.7 Å². The van der Waals surface area contributed by atoms with Gasteiger partial charge in [0.05, 0.1) is 11.4 Å². The highest BCUT2D eigenvalue weighted by Crippen LogP contribution is 2.34. The molecule has 0 aliphatic carbocycles. The summed E-state index contributed by atoms with van der Waals surface area (Å²) in [7, 11) is 0. The maximum Gasteiger partial charge on any atom is 0.319 e. The van der Waals surface area contributed by atoms with Crippen molar-refractivity contribution in [1.82, 2.24) is 15.1 Å². The van der Waals surface area contributed by atoms with E-state index in [0.29, 0.717) is 22.9 Å². The number of carbonyl (C=O) groups excluding carboxylic acids is 1. The summed E-state index contributed by atoms with van der Waals surface area (Å²) in [6.45, 7) is 9.88. The van der Waals surface area contributed by atoms with Gasteiger partial charge in [0, 0.05) is 11.5 Å². The SMILES string of the molecule is CCC(C)NC(=O)Nc1c(C(C)(C)C)nn(-c2ccc(F)cc2)c1N. The molecule has 1 atom stereocenters. The lowest BCUT2D eigenvalue weighted by molar-refractivity contribution is 0.249. The molecule has 6 nitrogen and oxygen atoms in total. The van der Waals surface area contributed by atoms with Gasteiger partial charge in [0.15, 0.2) is 5.82 Å². The van der Waals surface area contributed by atoms with Crippen LogP contribution in [0.4, 0.5) is 20.7 Å². The second-order valence-electron chi connectivity index (χ2n) is 7.15. The highest BCUT2D eigenvalue weighted by Gasteiger charge is 2.27. The summed E-state index contributed by atoms with van der Waals surface area (Å²) in [6, 6.07) is 5.59. The number of urea groups is 1. The number of nitrogens with zero attached hydrogens (tertiary/aromatic N) is 2. The number of amides is 2. The number of rotatable bonds is 4. The second-order valence-corrected chi connectivity index (χ2v) is 7.15. The largest absolute Gasteiger partial charge is 0.382 e. The molecule has 0 aliphatic heterocycles. The fraction of sp³-hybridized carbons (Fsp3) is 0.444. The Morgan fingerprint density at radius 2 is 1.92 bits per heavy atom. The van der Waals surface area contributed by atoms with Gasteiger partial charge in [0.2, 0.25) is 0 Å². The topological polar surface area (TPSA) is 85.0 Å². The first-order valence-electron chi connectivity index (χ1n) is 8.36. The van der Waals surface area contributed by atoms with E-state index in [0.717, 1.165) is 6.42 Å². The predicted octanol–water partition coefficient (Wildman–Crippen LogP) is 3.81. The van der Waals surface area contributed by atoms with Crippen LogP contribution in [0.1, 0.15) is 46.7 Å². The smallest absolute Gasteiger partial charge is 0.319 e. The Labute approximate surface area is 147 Å². The normalized spacial score (nSPS) is 12.7. The summed E-state index contributed by atoms with van der Waals surface area (Å²) in [4.78, 5) is 12.2. The number of nitrogen functional groups attached to an aromatic ring is 1. The lowest BCUT2D eigenvalue weighted by Gasteiger charge is -2.18. The number of aromatic nitrogens is 2. The fourth-order valence-electron chi connectivity index (χ4n) is 2.33. The third-order valence-electron chi connectivity index (χ3n) is 3.93. The van der Waals surface area contributed by atoms with Crippen molar-refractivity contribution >= 4 is 17.5 Å². The highest BCUT2D eigenvalue weighted by molar-refractivity contribution is 5.93. The predicted molar refractivity (Wildman–Crippen MR) is 98.5 cm³/mol. The molecule has 25 heavy (non-hydrogen) atoms. The van der Waals surface area contributed by atoms with E-state index < -0.39 is 0 Å². The molecule has 1 unspecified atom stereocenters. The van der Waals surface area contributed by atoms with E-state index in [9.17, 15) is 9.18 Å². The Morgan fingerprint density at radius 3 is 2.44 bits per heavy atom. The molecule has 2 rings (SSSR count). The number of nitrogens with two attached hydrogens (primary N) is 1. The number of benzene rings is 1. The molecule has 0 radical (unpaired) electrons. The van der Waals surface area contributed by atoms with Gasteiger partial charge in [-0.3, -0.25) is 0 Å². The van der Waals surface area contributed by atoms with Crippen molar-refractivity contribution in [3.63, 3.8) is 0 Å². The van der Waals surface area contributed by atoms with E-state index in [4.69, 9.17) is 5.73 Å². The van der Waals surface area contributed by atoms with Crippen LogP contribution in [0.15, 0.2) is 24.3 Å². The average Bonchev–Trinajstić information content (AvgIpc) is 2.85. The molecule has 4 N–H and O–H groups in total. The third kappa shape index (κ3) is 4.29. The minimum atomic E-state index is -0.336. The molecule has 0 saturated heterocycles. The quantitative estimate of drug-likeness (QED) is 0.786. The van der Waals surface area contributed by atoms with Crippen LogP contribution in [-0.4, -0.2) is 21.9 Å². The number of hydrogen-bond acceptors (Lipinski definition) is 3. The van der Waals surface area contributed by atoms with Crippen molar-refractivity contribution < 1.29 is 9.18 Å². The molecule has 0 fully saturated rings. The maximum absolute atomic E-state index is 13.2. The number of carbonyl (C=O) groups is 1. The first-order chi connectivity index (χ1) is 11.6. The Kier molecular flexibility index (Phi) is 5.35. The van der Waals surface area contributed by atoms with Gasteiger partial charge in [-0.15, -0.1) is 0 Å². The highest BCUT2D eigenvalue weighted by atomic mass is 19.1. The van der Waals surface area contributed by atoms with Gasteiger partial charge in [-0.05, 0) is 37.6 Å². The number of anilines is 2. The molecule has 2 aromatic rings. The molecule has 136 valence electrons. The van der Waals surface area contributed by atoms with Gasteiger partial charge in [-0.25, -0.2) is 13.9 Å². The summed E-state index contributed by atoms with van der Waals surface area (Å²) >= 11 is 0. The zero-order valence-electron chi connectivity index (χ0n) is 15.4. The molecule has 1 aromatic carbocycles. The molecule has 0 aliphatic rings. The summed E-state index contributed by atoms with van der Waals surface area (Å²) in [5.74, 6) is -0.0346. The monoisotopic (exact) mass is 347 g/mol. The van der Waals surface area contributed by atoms with Crippen molar-refractivity contribution in [1.29, 1.82) is 0 Å². The van der Waals surface area contributed by atoms with Crippen molar-refractivity contribution in [2.75, 3.05) is 11.1 Å². The molecule has 0 saturated carbocycles. The molecule has 2 amide bonds. The van der Waals surface area contributed by atoms with Crippen LogP contribution in [0.25, 0.3) is 5.69 Å². The van der Waals surface area contributed by atoms with Crippen molar-refractivity contribution in [2.45, 2.75) is 52.5 Å². The molecular weight excluding hydrogens is 321 g/mol. The van der Waals surface area contributed by atoms with Crippen LogP contribution in [0.5, 0.6) is 0 Å². The van der Waals surface area contributed by atoms with Crippen LogP contribution in [0.2, 0.25) is 0 Å². The second kappa shape index (κ2) is 7.13. The van der Waals surface area contributed by atoms with E-state index >= 15 is 0 Å². The van der Waals surface area contributed by atoms with Crippen molar-refractivity contribution in [3.05, 3.63) is 35.8 Å². The summed E-state index contributed by atoms with van der Waals surface area (Å²) < 4.78 is 14.7. The summed E-state index contributed by atoms with van der Waals surface area (Å²) in [5, 5.41) is 10.2. The lowest BCUT2D eigenvalue weighted by atomic mass is 9.91. The van der Waals surface area contributed by atoms with Crippen LogP contribution >= 0.6 is 0 Å². The fourth-order valence-corrected chi connectivity index (χ4v) is 2.33. The number of nitrogens with one attached hydrogen (secondary N) is 2. The van der Waals surface area contributed by atoms with Crippen LogP contribution in [0.3, 0.4) is 0 Å². The Hall–Kier alpha value is -2.57. The van der Waals surface area contributed by atoms with Gasteiger partial charge < -0.3 is 16.4 Å². The zero-order chi connectivity index (χ0) is 18.8. The molecule has 7 heteroatoms. The molecule has 0 bridgehead atoms. The Balaban J connectivity index is 2.43. The van der Waals surface area contributed by atoms with Crippen LogP contribution < -0.4 is 16.4 Å². The van der Waals surface area contributed by atoms with Crippen molar-refractivity contribution in [3.8, 4) is 5.69 Å². The first-order valence-corrected chi connectivity index (χ1v) is 8.36. The molecule has 0 spiro atoms. The molecule has 1 heterocycles. The lowest BCUT2D eigenvalue weighted by Crippen LogP contribution is -2.36. The van der Waals surface area contributed by atoms with Gasteiger partial charge >= 0.3 is 6.03 Å². The van der Waals surface area contributed by atoms with Gasteiger partial charge in [-0.2, -0.15) is 5.10 Å². The third-order valence-corrected chi connectivity index (χ3v) is 3.93. The van der Waals surface area contributed by atoms with Crippen LogP contribution in [-0.2, 0) is 5.41 Å². The molecular formula is C18H26FN5O. The van der Waals surface area contributed by atoms with Crippen LogP contribution in [0, 0.1) is 5.82 Å². The number of halogens is 1. The summed E-state index contributed by atoms with van der Waals surface area (Å²) in [6.07, 6.45) is 0.823. The first kappa shape index (κ1) is 18.8. The van der Waals surface area contributed by atoms with E-state index in [1.54, 1.807) is 12.1 Å². The van der Waals surface area contributed by atoms with E-state index in [1.165, 1.54) is 16.8 Å². The Bertz CT molecular complexity index is 746. The van der Waals surface area contributed by atoms with Crippen molar-refractivity contribution in [2.24, 2.45) is 0 Å².